The van der Waals surface area contributed by atoms with Gasteiger partial charge < -0.3 is 20.5 Å². The van der Waals surface area contributed by atoms with Gasteiger partial charge in [0.1, 0.15) is 6.04 Å². The molecule has 20 heavy (non-hydrogen) atoms. The molecule has 0 aromatic heterocycles. The van der Waals surface area contributed by atoms with Gasteiger partial charge in [-0.05, 0) is 38.3 Å². The molecular weight excluding hydrogens is 260 g/mol. The van der Waals surface area contributed by atoms with Crippen molar-refractivity contribution in [2.75, 3.05) is 26.8 Å². The van der Waals surface area contributed by atoms with Crippen molar-refractivity contribution in [3.8, 4) is 0 Å². The maximum atomic E-state index is 12.5. The van der Waals surface area contributed by atoms with Crippen LogP contribution in [-0.4, -0.2) is 49.8 Å². The van der Waals surface area contributed by atoms with Gasteiger partial charge in [0.2, 0.25) is 5.91 Å². The van der Waals surface area contributed by atoms with Gasteiger partial charge in [-0.25, -0.2) is 4.79 Å². The second kappa shape index (κ2) is 7.59. The molecule has 0 saturated carbocycles. The number of aliphatic carboxylic acids is 1. The van der Waals surface area contributed by atoms with E-state index in [0.29, 0.717) is 25.9 Å². The molecule has 1 aliphatic heterocycles. The highest BCUT2D eigenvalue weighted by atomic mass is 16.5. The zero-order chi connectivity index (χ0) is 15.2. The first-order valence-electron chi connectivity index (χ1n) is 7.15. The average Bonchev–Trinajstić information content (AvgIpc) is 2.38. The zero-order valence-corrected chi connectivity index (χ0v) is 12.6. The molecular formula is C14H26N2O4. The van der Waals surface area contributed by atoms with Crippen LogP contribution in [0.15, 0.2) is 0 Å². The van der Waals surface area contributed by atoms with Gasteiger partial charge in [0, 0.05) is 7.11 Å². The molecule has 0 spiro atoms. The van der Waals surface area contributed by atoms with Crippen LogP contribution in [0.3, 0.4) is 0 Å². The number of carbonyl (C=O) groups is 2. The lowest BCUT2D eigenvalue weighted by atomic mass is 9.78. The Morgan fingerprint density at radius 1 is 1.35 bits per heavy atom. The summed E-state index contributed by atoms with van der Waals surface area (Å²) in [6.45, 7) is 5.71. The molecule has 1 atom stereocenters. The van der Waals surface area contributed by atoms with E-state index >= 15 is 0 Å². The molecule has 116 valence electrons. The summed E-state index contributed by atoms with van der Waals surface area (Å²) in [6, 6.07) is -0.828. The molecule has 6 heteroatoms. The van der Waals surface area contributed by atoms with Crippen LogP contribution in [0.5, 0.6) is 0 Å². The SMILES string of the molecule is COCC1(C(=O)N[C@H](CC(C)C)C(=O)O)CCNCC1. The van der Waals surface area contributed by atoms with Gasteiger partial charge in [-0.2, -0.15) is 0 Å². The van der Waals surface area contributed by atoms with Crippen molar-refractivity contribution in [2.24, 2.45) is 11.3 Å². The highest BCUT2D eigenvalue weighted by Crippen LogP contribution is 2.29. The first kappa shape index (κ1) is 16.9. The van der Waals surface area contributed by atoms with E-state index in [1.807, 2.05) is 13.8 Å². The van der Waals surface area contributed by atoms with Gasteiger partial charge in [-0.15, -0.1) is 0 Å². The molecule has 1 heterocycles. The van der Waals surface area contributed by atoms with Gasteiger partial charge in [0.15, 0.2) is 0 Å². The summed E-state index contributed by atoms with van der Waals surface area (Å²) in [6.07, 6.45) is 1.77. The van der Waals surface area contributed by atoms with Gasteiger partial charge in [0.25, 0.3) is 0 Å². The monoisotopic (exact) mass is 286 g/mol. The van der Waals surface area contributed by atoms with Crippen LogP contribution in [0.2, 0.25) is 0 Å². The number of carbonyl (C=O) groups excluding carboxylic acids is 1. The fourth-order valence-electron chi connectivity index (χ4n) is 2.62. The second-order valence-corrected chi connectivity index (χ2v) is 5.96. The molecule has 0 unspecified atom stereocenters. The summed E-state index contributed by atoms with van der Waals surface area (Å²) < 4.78 is 5.19. The van der Waals surface area contributed by atoms with Crippen LogP contribution >= 0.6 is 0 Å². The van der Waals surface area contributed by atoms with E-state index < -0.39 is 17.4 Å². The Kier molecular flexibility index (Phi) is 6.42. The van der Waals surface area contributed by atoms with Gasteiger partial charge in [-0.1, -0.05) is 13.8 Å². The molecule has 0 aliphatic carbocycles. The lowest BCUT2D eigenvalue weighted by molar-refractivity contribution is -0.146. The van der Waals surface area contributed by atoms with Crippen molar-refractivity contribution >= 4 is 11.9 Å². The number of carboxylic acids is 1. The standard InChI is InChI=1S/C14H26N2O4/c1-10(2)8-11(12(17)18)16-13(19)14(9-20-3)4-6-15-7-5-14/h10-11,15H,4-9H2,1-3H3,(H,16,19)(H,17,18)/t11-/m1/s1. The number of amides is 1. The van der Waals surface area contributed by atoms with Gasteiger partial charge in [-0.3, -0.25) is 4.79 Å². The summed E-state index contributed by atoms with van der Waals surface area (Å²) in [5.41, 5.74) is -0.606. The molecule has 1 rings (SSSR count). The minimum absolute atomic E-state index is 0.200. The Morgan fingerprint density at radius 3 is 2.40 bits per heavy atom. The quantitative estimate of drug-likeness (QED) is 0.638. The first-order chi connectivity index (χ1) is 9.41. The van der Waals surface area contributed by atoms with E-state index in [9.17, 15) is 14.7 Å². The van der Waals surface area contributed by atoms with Crippen LogP contribution in [0.25, 0.3) is 0 Å². The molecule has 1 saturated heterocycles. The highest BCUT2D eigenvalue weighted by Gasteiger charge is 2.41. The summed E-state index contributed by atoms with van der Waals surface area (Å²) in [5, 5.41) is 15.1. The van der Waals surface area contributed by atoms with Crippen LogP contribution < -0.4 is 10.6 Å². The third-order valence-corrected chi connectivity index (χ3v) is 3.77. The second-order valence-electron chi connectivity index (χ2n) is 5.96. The molecule has 6 nitrogen and oxygen atoms in total. The Morgan fingerprint density at radius 2 is 1.95 bits per heavy atom. The number of rotatable bonds is 7. The van der Waals surface area contributed by atoms with E-state index in [2.05, 4.69) is 10.6 Å². The van der Waals surface area contributed by atoms with Crippen molar-refractivity contribution in [3.63, 3.8) is 0 Å². The topological polar surface area (TPSA) is 87.7 Å². The molecule has 0 radical (unpaired) electrons. The first-order valence-corrected chi connectivity index (χ1v) is 7.15. The predicted octanol–water partition coefficient (Wildman–Crippen LogP) is 0.618. The zero-order valence-electron chi connectivity index (χ0n) is 12.6. The van der Waals surface area contributed by atoms with Crippen LogP contribution in [-0.2, 0) is 14.3 Å². The van der Waals surface area contributed by atoms with E-state index in [4.69, 9.17) is 4.74 Å². The van der Waals surface area contributed by atoms with E-state index in [0.717, 1.165) is 13.1 Å². The minimum atomic E-state index is -0.978. The summed E-state index contributed by atoms with van der Waals surface area (Å²) in [4.78, 5) is 23.8. The maximum absolute atomic E-state index is 12.5. The lowest BCUT2D eigenvalue weighted by Crippen LogP contribution is -2.54. The number of ether oxygens (including phenoxy) is 1. The molecule has 0 aromatic carbocycles. The van der Waals surface area contributed by atoms with Crippen LogP contribution in [0.1, 0.15) is 33.1 Å². The molecule has 0 aromatic rings. The highest BCUT2D eigenvalue weighted by molar-refractivity contribution is 5.87. The summed E-state index contributed by atoms with van der Waals surface area (Å²) >= 11 is 0. The molecule has 0 bridgehead atoms. The number of methoxy groups -OCH3 is 1. The molecule has 1 aliphatic rings. The number of hydrogen-bond acceptors (Lipinski definition) is 4. The Balaban J connectivity index is 2.75. The fourth-order valence-corrected chi connectivity index (χ4v) is 2.62. The van der Waals surface area contributed by atoms with E-state index in [1.54, 1.807) is 7.11 Å². The number of hydrogen-bond donors (Lipinski definition) is 3. The van der Waals surface area contributed by atoms with Crippen molar-refractivity contribution in [1.82, 2.24) is 10.6 Å². The lowest BCUT2D eigenvalue weighted by Gasteiger charge is -2.36. The van der Waals surface area contributed by atoms with Crippen molar-refractivity contribution < 1.29 is 19.4 Å². The van der Waals surface area contributed by atoms with Crippen molar-refractivity contribution in [1.29, 1.82) is 0 Å². The fraction of sp³-hybridized carbons (Fsp3) is 0.857. The molecule has 1 amide bonds. The predicted molar refractivity (Wildman–Crippen MR) is 75.4 cm³/mol. The van der Waals surface area contributed by atoms with Crippen molar-refractivity contribution in [2.45, 2.75) is 39.2 Å². The Bertz CT molecular complexity index is 333. The summed E-state index contributed by atoms with van der Waals surface area (Å²) in [5.74, 6) is -0.967. The molecule has 1 fully saturated rings. The van der Waals surface area contributed by atoms with Gasteiger partial charge >= 0.3 is 5.97 Å². The van der Waals surface area contributed by atoms with E-state index in [1.165, 1.54) is 0 Å². The Hall–Kier alpha value is -1.14. The number of nitrogens with one attached hydrogen (secondary N) is 2. The number of carboxylic acid groups (broad SMARTS) is 1. The van der Waals surface area contributed by atoms with Crippen molar-refractivity contribution in [3.05, 3.63) is 0 Å². The van der Waals surface area contributed by atoms with E-state index in [-0.39, 0.29) is 11.8 Å². The molecule has 3 N–H and O–H groups in total. The largest absolute Gasteiger partial charge is 0.480 e. The third-order valence-electron chi connectivity index (χ3n) is 3.77. The summed E-state index contributed by atoms with van der Waals surface area (Å²) in [7, 11) is 1.57. The smallest absolute Gasteiger partial charge is 0.326 e. The third kappa shape index (κ3) is 4.45. The number of piperidine rings is 1. The minimum Gasteiger partial charge on any atom is -0.480 e. The van der Waals surface area contributed by atoms with Crippen LogP contribution in [0, 0.1) is 11.3 Å². The average molecular weight is 286 g/mol. The Labute approximate surface area is 120 Å². The maximum Gasteiger partial charge on any atom is 0.326 e. The van der Waals surface area contributed by atoms with Gasteiger partial charge in [0.05, 0.1) is 12.0 Å². The van der Waals surface area contributed by atoms with Crippen LogP contribution in [0.4, 0.5) is 0 Å². The normalized spacial score (nSPS) is 19.6.